The number of hydrogen-bond acceptors (Lipinski definition) is 9. The van der Waals surface area contributed by atoms with Crippen molar-refractivity contribution in [3.63, 3.8) is 0 Å². The van der Waals surface area contributed by atoms with Crippen LogP contribution in [-0.2, 0) is 43.0 Å². The second-order valence-corrected chi connectivity index (χ2v) is 8.74. The molecule has 0 unspecified atom stereocenters. The lowest BCUT2D eigenvalue weighted by Gasteiger charge is -2.40. The van der Waals surface area contributed by atoms with Gasteiger partial charge in [-0.15, -0.1) is 0 Å². The summed E-state index contributed by atoms with van der Waals surface area (Å²) in [5.74, 6) is -4.05. The minimum absolute atomic E-state index is 0.00349. The molecule has 11 heteroatoms. The quantitative estimate of drug-likeness (QED) is 0.695. The summed E-state index contributed by atoms with van der Waals surface area (Å²) in [5.41, 5.74) is 0. The summed E-state index contributed by atoms with van der Waals surface area (Å²) in [6.45, 7) is 8.05. The summed E-state index contributed by atoms with van der Waals surface area (Å²) < 4.78 is 60.0. The van der Waals surface area contributed by atoms with Crippen LogP contribution in [0.3, 0.4) is 0 Å². The van der Waals surface area contributed by atoms with E-state index < -0.39 is 52.4 Å². The fraction of sp³-hybridized carbons (Fsp3) is 0.933. The summed E-state index contributed by atoms with van der Waals surface area (Å²) in [6, 6.07) is 0. The molecule has 0 radical (unpaired) electrons. The van der Waals surface area contributed by atoms with Crippen LogP contribution in [0.25, 0.3) is 0 Å². The first-order valence-electron chi connectivity index (χ1n) is 8.45. The van der Waals surface area contributed by atoms with Gasteiger partial charge in [0.25, 0.3) is 0 Å². The molecule has 3 aliphatic heterocycles. The number of rotatable bonds is 5. The van der Waals surface area contributed by atoms with Gasteiger partial charge in [-0.2, -0.15) is 8.42 Å². The Labute approximate surface area is 152 Å². The molecule has 0 aromatic carbocycles. The number of carbonyl (C=O) groups is 1. The van der Waals surface area contributed by atoms with Crippen LogP contribution in [0.15, 0.2) is 0 Å². The average Bonchev–Trinajstić information content (AvgIpc) is 2.96. The van der Waals surface area contributed by atoms with E-state index in [1.165, 1.54) is 6.92 Å². The molecule has 10 nitrogen and oxygen atoms in total. The third-order valence-electron chi connectivity index (χ3n) is 4.25. The minimum atomic E-state index is -4.31. The number of fused-ring (bicyclic) bond motifs is 3. The van der Waals surface area contributed by atoms with Crippen molar-refractivity contribution in [1.82, 2.24) is 4.72 Å². The maximum Gasteiger partial charge on any atom is 0.362 e. The van der Waals surface area contributed by atoms with E-state index in [9.17, 15) is 13.2 Å². The van der Waals surface area contributed by atoms with Crippen LogP contribution in [0.2, 0.25) is 0 Å². The van der Waals surface area contributed by atoms with Crippen LogP contribution in [0.4, 0.5) is 0 Å². The van der Waals surface area contributed by atoms with Crippen LogP contribution in [0, 0.1) is 0 Å². The summed E-state index contributed by atoms with van der Waals surface area (Å²) >= 11 is 0. The van der Waals surface area contributed by atoms with Gasteiger partial charge in [0.2, 0.25) is 11.7 Å². The van der Waals surface area contributed by atoms with E-state index >= 15 is 0 Å². The van der Waals surface area contributed by atoms with Crippen molar-refractivity contribution < 1.29 is 41.1 Å². The molecule has 4 atom stereocenters. The van der Waals surface area contributed by atoms with Crippen molar-refractivity contribution in [2.24, 2.45) is 0 Å². The first-order valence-corrected chi connectivity index (χ1v) is 9.85. The first kappa shape index (κ1) is 19.9. The number of ether oxygens (including phenoxy) is 5. The highest BCUT2D eigenvalue weighted by Crippen LogP contribution is 2.47. The normalized spacial score (nSPS) is 37.8. The fourth-order valence-electron chi connectivity index (χ4n) is 3.35. The number of nitrogens with one attached hydrogen (secondary N) is 1. The largest absolute Gasteiger partial charge is 0.362 e. The predicted molar refractivity (Wildman–Crippen MR) is 85.9 cm³/mol. The first-order chi connectivity index (χ1) is 11.9. The molecule has 0 bridgehead atoms. The zero-order valence-electron chi connectivity index (χ0n) is 15.4. The number of carbonyl (C=O) groups excluding carboxylic acids is 1. The van der Waals surface area contributed by atoms with Crippen molar-refractivity contribution in [3.05, 3.63) is 0 Å². The Morgan fingerprint density at radius 2 is 1.85 bits per heavy atom. The fourth-order valence-corrected chi connectivity index (χ4v) is 4.15. The van der Waals surface area contributed by atoms with Gasteiger partial charge < -0.3 is 23.7 Å². The maximum atomic E-state index is 12.0. The van der Waals surface area contributed by atoms with Crippen LogP contribution in [-0.4, -0.2) is 63.2 Å². The van der Waals surface area contributed by atoms with Gasteiger partial charge in [0, 0.05) is 6.42 Å². The Morgan fingerprint density at radius 1 is 1.15 bits per heavy atom. The predicted octanol–water partition coefficient (Wildman–Crippen LogP) is 0.172. The monoisotopic (exact) mass is 395 g/mol. The highest BCUT2D eigenvalue weighted by atomic mass is 32.2. The van der Waals surface area contributed by atoms with Crippen molar-refractivity contribution in [2.45, 2.75) is 76.7 Å². The molecule has 3 aliphatic rings. The second-order valence-electron chi connectivity index (χ2n) is 7.40. The van der Waals surface area contributed by atoms with E-state index in [4.69, 9.17) is 27.9 Å². The van der Waals surface area contributed by atoms with Crippen LogP contribution in [0.1, 0.15) is 41.0 Å². The topological polar surface area (TPSA) is 119 Å². The molecule has 0 saturated carbocycles. The molecule has 1 N–H and O–H groups in total. The molecule has 0 spiro atoms. The molecule has 0 aromatic rings. The van der Waals surface area contributed by atoms with E-state index in [0.29, 0.717) is 0 Å². The van der Waals surface area contributed by atoms with Gasteiger partial charge in [0.15, 0.2) is 11.6 Å². The van der Waals surface area contributed by atoms with E-state index in [0.717, 1.165) is 0 Å². The lowest BCUT2D eigenvalue weighted by Crippen LogP contribution is -2.60. The van der Waals surface area contributed by atoms with E-state index in [1.54, 1.807) is 32.4 Å². The summed E-state index contributed by atoms with van der Waals surface area (Å²) in [7, 11) is -4.31. The molecule has 26 heavy (non-hydrogen) atoms. The summed E-state index contributed by atoms with van der Waals surface area (Å²) in [6.07, 6.45) is -1.66. The van der Waals surface area contributed by atoms with Crippen molar-refractivity contribution in [1.29, 1.82) is 0 Å². The molecule has 1 amide bonds. The lowest BCUT2D eigenvalue weighted by atomic mass is 9.98. The Hall–Kier alpha value is -0.820. The SMILES string of the molecule is CCC(=O)NS(=O)(=O)OC[C@@]12OC[C@H]3OC(C)(C)O[C@H]3[C@@H]1OC(C)(C)O2. The lowest BCUT2D eigenvalue weighted by molar-refractivity contribution is -0.290. The van der Waals surface area contributed by atoms with E-state index in [1.807, 2.05) is 0 Å². The highest BCUT2D eigenvalue weighted by Gasteiger charge is 2.65. The van der Waals surface area contributed by atoms with Crippen molar-refractivity contribution >= 4 is 16.2 Å². The van der Waals surface area contributed by atoms with Gasteiger partial charge >= 0.3 is 10.3 Å². The van der Waals surface area contributed by atoms with Gasteiger partial charge in [0.05, 0.1) is 6.61 Å². The number of amides is 1. The standard InChI is InChI=1S/C15H25NO9S/c1-6-10(17)16-26(18,19)21-8-15-12(24-14(4,5)25-15)11-9(7-20-15)22-13(2,3)23-11/h9,11-12H,6-8H2,1-5H3,(H,16,17)/t9-,11-,12+,15+/m1/s1. The zero-order chi connectivity index (χ0) is 19.4. The average molecular weight is 395 g/mol. The molecule has 3 rings (SSSR count). The maximum absolute atomic E-state index is 12.0. The Bertz CT molecular complexity index is 677. The van der Waals surface area contributed by atoms with Gasteiger partial charge in [-0.25, -0.2) is 8.91 Å². The van der Waals surface area contributed by atoms with Gasteiger partial charge in [-0.3, -0.25) is 4.79 Å². The summed E-state index contributed by atoms with van der Waals surface area (Å²) in [5, 5.41) is 0. The van der Waals surface area contributed by atoms with Gasteiger partial charge in [-0.1, -0.05) is 6.92 Å². The van der Waals surface area contributed by atoms with Gasteiger partial charge in [-0.05, 0) is 27.7 Å². The van der Waals surface area contributed by atoms with E-state index in [-0.39, 0.29) is 19.1 Å². The molecular weight excluding hydrogens is 370 g/mol. The summed E-state index contributed by atoms with van der Waals surface area (Å²) in [4.78, 5) is 11.3. The van der Waals surface area contributed by atoms with E-state index in [2.05, 4.69) is 0 Å². The van der Waals surface area contributed by atoms with Crippen LogP contribution < -0.4 is 4.72 Å². The minimum Gasteiger partial charge on any atom is -0.343 e. The molecular formula is C15H25NO9S. The smallest absolute Gasteiger partial charge is 0.343 e. The van der Waals surface area contributed by atoms with Crippen LogP contribution in [0.5, 0.6) is 0 Å². The molecule has 3 saturated heterocycles. The van der Waals surface area contributed by atoms with Gasteiger partial charge in [0.1, 0.15) is 24.9 Å². The molecule has 3 fully saturated rings. The molecule has 0 aliphatic carbocycles. The third kappa shape index (κ3) is 3.88. The Kier molecular flexibility index (Phi) is 4.88. The molecule has 0 aromatic heterocycles. The third-order valence-corrected chi connectivity index (χ3v) is 5.16. The zero-order valence-corrected chi connectivity index (χ0v) is 16.3. The Balaban J connectivity index is 1.79. The van der Waals surface area contributed by atoms with Crippen molar-refractivity contribution in [2.75, 3.05) is 13.2 Å². The highest BCUT2D eigenvalue weighted by molar-refractivity contribution is 7.85. The molecule has 3 heterocycles. The van der Waals surface area contributed by atoms with Crippen LogP contribution >= 0.6 is 0 Å². The van der Waals surface area contributed by atoms with Crippen molar-refractivity contribution in [3.8, 4) is 0 Å². The number of hydrogen-bond donors (Lipinski definition) is 1. The molecule has 150 valence electrons. The second kappa shape index (κ2) is 6.36. The Morgan fingerprint density at radius 3 is 2.50 bits per heavy atom.